The van der Waals surface area contributed by atoms with Crippen LogP contribution in [0.25, 0.3) is 10.2 Å². The van der Waals surface area contributed by atoms with Gasteiger partial charge in [-0.3, -0.25) is 4.79 Å². The first-order valence-electron chi connectivity index (χ1n) is 11.3. The van der Waals surface area contributed by atoms with E-state index in [9.17, 15) is 4.79 Å². The maximum atomic E-state index is 13.0. The number of hydrogen-bond donors (Lipinski definition) is 3. The Morgan fingerprint density at radius 2 is 2.06 bits per heavy atom. The molecule has 166 valence electrons. The van der Waals surface area contributed by atoms with E-state index in [1.807, 2.05) is 19.1 Å². The topological polar surface area (TPSA) is 92.5 Å². The van der Waals surface area contributed by atoms with Gasteiger partial charge in [-0.15, -0.1) is 11.3 Å². The SMILES string of the molecule is Cc1ccc2c(N)c(C(=O)N[C@H]3COc4cc(N5CC6CCC(C5)N6)ccc4C3)sc2n1. The van der Waals surface area contributed by atoms with Gasteiger partial charge in [-0.1, -0.05) is 6.07 Å². The third-order valence-electron chi connectivity index (χ3n) is 6.81. The minimum Gasteiger partial charge on any atom is -0.491 e. The Morgan fingerprint density at radius 1 is 1.25 bits per heavy atom. The van der Waals surface area contributed by atoms with Gasteiger partial charge in [0.2, 0.25) is 0 Å². The summed E-state index contributed by atoms with van der Waals surface area (Å²) in [6.45, 7) is 4.50. The van der Waals surface area contributed by atoms with Gasteiger partial charge in [0.15, 0.2) is 0 Å². The van der Waals surface area contributed by atoms with E-state index in [1.54, 1.807) is 0 Å². The number of benzene rings is 1. The van der Waals surface area contributed by atoms with Crippen molar-refractivity contribution in [1.82, 2.24) is 15.6 Å². The summed E-state index contributed by atoms with van der Waals surface area (Å²) in [4.78, 5) is 21.2. The number of rotatable bonds is 3. The number of hydrogen-bond acceptors (Lipinski definition) is 7. The fourth-order valence-electron chi connectivity index (χ4n) is 5.17. The molecule has 6 rings (SSSR count). The minimum atomic E-state index is -0.159. The first-order valence-corrected chi connectivity index (χ1v) is 12.1. The number of piperazine rings is 1. The standard InChI is InChI=1S/C24H27N5O2S/c1-13-2-7-19-21(25)22(32-24(19)26-13)23(30)28-17-8-14-3-6-18(9-20(14)31-12-17)29-10-15-4-5-16(11-29)27-15/h2-3,6-7,9,15-17,27H,4-5,8,10-12,25H2,1H3,(H,28,30)/t15?,16?,17-/m1/s1. The molecule has 8 heteroatoms. The van der Waals surface area contributed by atoms with Crippen LogP contribution in [-0.4, -0.2) is 48.7 Å². The zero-order chi connectivity index (χ0) is 21.8. The van der Waals surface area contributed by atoms with E-state index < -0.39 is 0 Å². The van der Waals surface area contributed by atoms with Gasteiger partial charge in [0.1, 0.15) is 22.1 Å². The fourth-order valence-corrected chi connectivity index (χ4v) is 6.21. The summed E-state index contributed by atoms with van der Waals surface area (Å²) >= 11 is 1.34. The molecule has 3 aromatic rings. The van der Waals surface area contributed by atoms with Gasteiger partial charge >= 0.3 is 0 Å². The summed E-state index contributed by atoms with van der Waals surface area (Å²) < 4.78 is 6.08. The maximum Gasteiger partial charge on any atom is 0.263 e. The van der Waals surface area contributed by atoms with Crippen LogP contribution >= 0.6 is 11.3 Å². The summed E-state index contributed by atoms with van der Waals surface area (Å²) in [6, 6.07) is 11.5. The molecule has 0 radical (unpaired) electrons. The summed E-state index contributed by atoms with van der Waals surface area (Å²) in [6.07, 6.45) is 3.28. The number of carbonyl (C=O) groups excluding carboxylic acids is 1. The lowest BCUT2D eigenvalue weighted by atomic mass is 10.0. The average Bonchev–Trinajstić information content (AvgIpc) is 3.30. The first-order chi connectivity index (χ1) is 15.5. The molecular weight excluding hydrogens is 422 g/mol. The van der Waals surface area contributed by atoms with Gasteiger partial charge in [-0.25, -0.2) is 4.98 Å². The molecule has 2 fully saturated rings. The molecule has 32 heavy (non-hydrogen) atoms. The molecule has 0 saturated carbocycles. The van der Waals surface area contributed by atoms with Gasteiger partial charge in [0.25, 0.3) is 5.91 Å². The Bertz CT molecular complexity index is 1200. The molecule has 2 aromatic heterocycles. The summed E-state index contributed by atoms with van der Waals surface area (Å²) in [5, 5.41) is 7.63. The van der Waals surface area contributed by atoms with E-state index in [1.165, 1.54) is 29.9 Å². The fraction of sp³-hybridized carbons (Fsp3) is 0.417. The van der Waals surface area contributed by atoms with Gasteiger partial charge in [-0.2, -0.15) is 0 Å². The molecule has 3 aliphatic rings. The molecule has 2 bridgehead atoms. The van der Waals surface area contributed by atoms with Crippen molar-refractivity contribution in [3.63, 3.8) is 0 Å². The zero-order valence-electron chi connectivity index (χ0n) is 18.1. The van der Waals surface area contributed by atoms with E-state index in [2.05, 4.69) is 38.7 Å². The molecular formula is C24H27N5O2S. The number of aryl methyl sites for hydroxylation is 1. The van der Waals surface area contributed by atoms with Crippen LogP contribution in [0.3, 0.4) is 0 Å². The number of nitrogens with two attached hydrogens (primary N) is 1. The molecule has 0 spiro atoms. The number of aromatic nitrogens is 1. The van der Waals surface area contributed by atoms with Crippen LogP contribution in [0.1, 0.15) is 33.8 Å². The predicted molar refractivity (Wildman–Crippen MR) is 128 cm³/mol. The summed E-state index contributed by atoms with van der Waals surface area (Å²) in [5.41, 5.74) is 10.0. The zero-order valence-corrected chi connectivity index (χ0v) is 18.9. The highest BCUT2D eigenvalue weighted by Gasteiger charge is 2.33. The molecule has 0 aliphatic carbocycles. The van der Waals surface area contributed by atoms with Crippen LogP contribution in [0.4, 0.5) is 11.4 Å². The van der Waals surface area contributed by atoms with Gasteiger partial charge < -0.3 is 26.0 Å². The number of carbonyl (C=O) groups is 1. The van der Waals surface area contributed by atoms with Gasteiger partial charge in [0.05, 0.1) is 11.7 Å². The van der Waals surface area contributed by atoms with Crippen molar-refractivity contribution in [2.24, 2.45) is 0 Å². The quantitative estimate of drug-likeness (QED) is 0.570. The monoisotopic (exact) mass is 449 g/mol. The third-order valence-corrected chi connectivity index (χ3v) is 7.93. The number of thiophene rings is 1. The lowest BCUT2D eigenvalue weighted by Gasteiger charge is -2.35. The number of pyridine rings is 1. The summed E-state index contributed by atoms with van der Waals surface area (Å²) in [5.74, 6) is 0.771. The maximum absolute atomic E-state index is 13.0. The van der Waals surface area contributed by atoms with Crippen molar-refractivity contribution >= 4 is 38.8 Å². The number of amides is 1. The average molecular weight is 450 g/mol. The Kier molecular flexibility index (Phi) is 4.73. The molecule has 3 atom stereocenters. The Hall–Kier alpha value is -2.84. The largest absolute Gasteiger partial charge is 0.491 e. The highest BCUT2D eigenvalue weighted by molar-refractivity contribution is 7.21. The van der Waals surface area contributed by atoms with E-state index in [0.717, 1.165) is 46.7 Å². The van der Waals surface area contributed by atoms with Gasteiger partial charge in [-0.05, 0) is 49.9 Å². The van der Waals surface area contributed by atoms with Crippen molar-refractivity contribution in [1.29, 1.82) is 0 Å². The number of fused-ring (bicyclic) bond motifs is 4. The Labute approximate surface area is 191 Å². The van der Waals surface area contributed by atoms with Crippen molar-refractivity contribution in [3.8, 4) is 5.75 Å². The number of ether oxygens (including phenoxy) is 1. The van der Waals surface area contributed by atoms with Crippen molar-refractivity contribution in [2.75, 3.05) is 30.3 Å². The number of nitrogen functional groups attached to an aromatic ring is 1. The normalized spacial score (nSPS) is 24.3. The highest BCUT2D eigenvalue weighted by atomic mass is 32.1. The van der Waals surface area contributed by atoms with Crippen molar-refractivity contribution in [2.45, 2.75) is 44.3 Å². The van der Waals surface area contributed by atoms with E-state index in [-0.39, 0.29) is 11.9 Å². The molecule has 3 aliphatic heterocycles. The van der Waals surface area contributed by atoms with E-state index in [0.29, 0.717) is 29.3 Å². The number of nitrogens with one attached hydrogen (secondary N) is 2. The molecule has 2 saturated heterocycles. The lowest BCUT2D eigenvalue weighted by Crippen LogP contribution is -2.51. The second kappa shape index (κ2) is 7.64. The first kappa shape index (κ1) is 19.8. The van der Waals surface area contributed by atoms with Crippen molar-refractivity contribution in [3.05, 3.63) is 46.5 Å². The second-order valence-electron chi connectivity index (χ2n) is 9.17. The van der Waals surface area contributed by atoms with Crippen LogP contribution in [0, 0.1) is 6.92 Å². The third kappa shape index (κ3) is 3.47. The second-order valence-corrected chi connectivity index (χ2v) is 10.2. The Balaban J connectivity index is 1.16. The molecule has 2 unspecified atom stereocenters. The van der Waals surface area contributed by atoms with Crippen LogP contribution < -0.4 is 26.0 Å². The molecule has 5 heterocycles. The minimum absolute atomic E-state index is 0.0878. The molecule has 1 aromatic carbocycles. The van der Waals surface area contributed by atoms with E-state index in [4.69, 9.17) is 10.5 Å². The molecule has 4 N–H and O–H groups in total. The lowest BCUT2D eigenvalue weighted by molar-refractivity contribution is 0.0920. The predicted octanol–water partition coefficient (Wildman–Crippen LogP) is 2.86. The van der Waals surface area contributed by atoms with Crippen LogP contribution in [0.15, 0.2) is 30.3 Å². The van der Waals surface area contributed by atoms with Crippen LogP contribution in [-0.2, 0) is 6.42 Å². The number of nitrogens with zero attached hydrogens (tertiary/aromatic N) is 2. The van der Waals surface area contributed by atoms with Crippen LogP contribution in [0.5, 0.6) is 5.75 Å². The number of anilines is 2. The smallest absolute Gasteiger partial charge is 0.263 e. The van der Waals surface area contributed by atoms with E-state index >= 15 is 0 Å². The molecule has 7 nitrogen and oxygen atoms in total. The Morgan fingerprint density at radius 3 is 2.88 bits per heavy atom. The van der Waals surface area contributed by atoms with Crippen molar-refractivity contribution < 1.29 is 9.53 Å². The van der Waals surface area contributed by atoms with Crippen LogP contribution in [0.2, 0.25) is 0 Å². The summed E-state index contributed by atoms with van der Waals surface area (Å²) in [7, 11) is 0. The highest BCUT2D eigenvalue weighted by Crippen LogP contribution is 2.34. The molecule has 1 amide bonds. The van der Waals surface area contributed by atoms with Gasteiger partial charge in [0, 0.05) is 48.0 Å².